The number of carbonyl (C=O) groups excluding carboxylic acids is 2. The second kappa shape index (κ2) is 9.77. The summed E-state index contributed by atoms with van der Waals surface area (Å²) in [5.41, 5.74) is 0. The molecule has 3 nitrogen and oxygen atoms in total. The van der Waals surface area contributed by atoms with Gasteiger partial charge in [0.15, 0.2) is 0 Å². The van der Waals surface area contributed by atoms with Gasteiger partial charge in [-0.15, -0.1) is 0 Å². The Balaban J connectivity index is 3.75. The predicted octanol–water partition coefficient (Wildman–Crippen LogP) is 4.05. The molecule has 0 aliphatic rings. The molecule has 118 valence electrons. The van der Waals surface area contributed by atoms with Crippen molar-refractivity contribution in [2.45, 2.75) is 65.0 Å². The molecule has 0 radical (unpaired) electrons. The summed E-state index contributed by atoms with van der Waals surface area (Å²) < 4.78 is 40.5. The van der Waals surface area contributed by atoms with E-state index in [-0.39, 0.29) is 18.8 Å². The van der Waals surface area contributed by atoms with Crippen molar-refractivity contribution in [2.24, 2.45) is 5.92 Å². The lowest BCUT2D eigenvalue weighted by molar-refractivity contribution is -0.151. The Morgan fingerprint density at radius 1 is 1.05 bits per heavy atom. The number of alkyl halides is 3. The summed E-state index contributed by atoms with van der Waals surface area (Å²) in [6.45, 7) is 3.26. The van der Waals surface area contributed by atoms with E-state index >= 15 is 0 Å². The first-order chi connectivity index (χ1) is 9.28. The van der Waals surface area contributed by atoms with Crippen molar-refractivity contribution in [3.05, 3.63) is 0 Å². The second-order valence-corrected chi connectivity index (χ2v) is 4.84. The number of unbranched alkanes of at least 4 members (excludes halogenated alkanes) is 4. The summed E-state index contributed by atoms with van der Waals surface area (Å²) in [7, 11) is 0. The zero-order valence-corrected chi connectivity index (χ0v) is 12.1. The van der Waals surface area contributed by atoms with Crippen LogP contribution in [0.15, 0.2) is 0 Å². The molecule has 1 atom stereocenters. The summed E-state index contributed by atoms with van der Waals surface area (Å²) >= 11 is 0. The topological polar surface area (TPSA) is 43.4 Å². The van der Waals surface area contributed by atoms with Crippen LogP contribution in [0.1, 0.15) is 58.8 Å². The summed E-state index contributed by atoms with van der Waals surface area (Å²) in [4.78, 5) is 22.8. The minimum absolute atomic E-state index is 0.136. The highest BCUT2D eigenvalue weighted by Gasteiger charge is 2.26. The molecule has 0 spiro atoms. The van der Waals surface area contributed by atoms with Crippen LogP contribution in [0.25, 0.3) is 0 Å². The third kappa shape index (κ3) is 9.81. The van der Waals surface area contributed by atoms with E-state index in [2.05, 4.69) is 0 Å². The lowest BCUT2D eigenvalue weighted by Gasteiger charge is -2.12. The minimum Gasteiger partial charge on any atom is -0.465 e. The smallest absolute Gasteiger partial charge is 0.389 e. The van der Waals surface area contributed by atoms with Crippen LogP contribution in [0.5, 0.6) is 0 Å². The molecule has 0 N–H and O–H groups in total. The van der Waals surface area contributed by atoms with Gasteiger partial charge in [-0.2, -0.15) is 13.2 Å². The third-order valence-electron chi connectivity index (χ3n) is 3.01. The molecule has 1 unspecified atom stereocenters. The van der Waals surface area contributed by atoms with Crippen LogP contribution in [0.3, 0.4) is 0 Å². The Bertz CT molecular complexity index is 301. The molecule has 0 saturated heterocycles. The average molecular weight is 296 g/mol. The van der Waals surface area contributed by atoms with Crippen LogP contribution in [-0.4, -0.2) is 24.5 Å². The summed E-state index contributed by atoms with van der Waals surface area (Å²) in [5, 5.41) is 0. The van der Waals surface area contributed by atoms with Crippen molar-refractivity contribution < 1.29 is 27.5 Å². The number of carbonyl (C=O) groups is 2. The minimum atomic E-state index is -4.08. The fourth-order valence-electron chi connectivity index (χ4n) is 1.93. The average Bonchev–Trinajstić information content (AvgIpc) is 2.30. The van der Waals surface area contributed by atoms with Crippen molar-refractivity contribution in [1.82, 2.24) is 0 Å². The largest absolute Gasteiger partial charge is 0.465 e. The highest BCUT2D eigenvalue weighted by molar-refractivity contribution is 5.97. The van der Waals surface area contributed by atoms with Gasteiger partial charge in [0.25, 0.3) is 0 Å². The molecular formula is C14H23F3O3. The fraction of sp³-hybridized carbons (Fsp3) is 0.857. The Morgan fingerprint density at radius 3 is 2.10 bits per heavy atom. The van der Waals surface area contributed by atoms with Gasteiger partial charge in [-0.1, -0.05) is 25.7 Å². The van der Waals surface area contributed by atoms with Gasteiger partial charge in [0.1, 0.15) is 11.7 Å². The molecule has 0 aliphatic heterocycles. The van der Waals surface area contributed by atoms with Crippen molar-refractivity contribution in [3.8, 4) is 0 Å². The van der Waals surface area contributed by atoms with E-state index in [0.717, 1.165) is 6.42 Å². The van der Waals surface area contributed by atoms with Crippen LogP contribution < -0.4 is 0 Å². The van der Waals surface area contributed by atoms with E-state index in [1.807, 2.05) is 0 Å². The molecule has 20 heavy (non-hydrogen) atoms. The standard InChI is InChI=1S/C14H23F3O3/c1-3-20-13(19)12(11(2)18)9-7-5-4-6-8-10-14(15,16)17/h12H,3-10H2,1-2H3. The van der Waals surface area contributed by atoms with Crippen LogP contribution in [0.2, 0.25) is 0 Å². The highest BCUT2D eigenvalue weighted by atomic mass is 19.4. The van der Waals surface area contributed by atoms with Gasteiger partial charge >= 0.3 is 12.1 Å². The molecule has 0 rings (SSSR count). The van der Waals surface area contributed by atoms with Crippen molar-refractivity contribution in [2.75, 3.05) is 6.61 Å². The fourth-order valence-corrected chi connectivity index (χ4v) is 1.93. The van der Waals surface area contributed by atoms with Crippen LogP contribution in [0.4, 0.5) is 13.2 Å². The second-order valence-electron chi connectivity index (χ2n) is 4.84. The van der Waals surface area contributed by atoms with Gasteiger partial charge in [0.05, 0.1) is 6.61 Å². The summed E-state index contributed by atoms with van der Waals surface area (Å²) in [5.74, 6) is -1.46. The number of ether oxygens (including phenoxy) is 1. The SMILES string of the molecule is CCOC(=O)C(CCCCCCCC(F)(F)F)C(C)=O. The Kier molecular flexibility index (Phi) is 9.25. The first-order valence-electron chi connectivity index (χ1n) is 7.01. The molecule has 0 aromatic carbocycles. The molecule has 0 bridgehead atoms. The van der Waals surface area contributed by atoms with E-state index in [9.17, 15) is 22.8 Å². The van der Waals surface area contributed by atoms with Crippen LogP contribution in [-0.2, 0) is 14.3 Å². The van der Waals surface area contributed by atoms with Crippen LogP contribution in [0, 0.1) is 5.92 Å². The quantitative estimate of drug-likeness (QED) is 0.347. The molecule has 6 heteroatoms. The maximum Gasteiger partial charge on any atom is 0.389 e. The first kappa shape index (κ1) is 18.9. The Hall–Kier alpha value is -1.07. The lowest BCUT2D eigenvalue weighted by Crippen LogP contribution is -2.24. The number of halogens is 3. The highest BCUT2D eigenvalue weighted by Crippen LogP contribution is 2.23. The van der Waals surface area contributed by atoms with Gasteiger partial charge in [0.2, 0.25) is 0 Å². The summed E-state index contributed by atoms with van der Waals surface area (Å²) in [6, 6.07) is 0. The number of ketones is 1. The van der Waals surface area contributed by atoms with Crippen LogP contribution >= 0.6 is 0 Å². The third-order valence-corrected chi connectivity index (χ3v) is 3.01. The number of Topliss-reactive ketones (excluding diaryl/α,β-unsaturated/α-hetero) is 1. The number of esters is 1. The van der Waals surface area contributed by atoms with Gasteiger partial charge in [0, 0.05) is 6.42 Å². The Labute approximate surface area is 117 Å². The molecule has 0 saturated carbocycles. The number of rotatable bonds is 10. The van der Waals surface area contributed by atoms with E-state index in [1.165, 1.54) is 6.92 Å². The van der Waals surface area contributed by atoms with Crippen molar-refractivity contribution in [1.29, 1.82) is 0 Å². The van der Waals surface area contributed by atoms with E-state index in [4.69, 9.17) is 4.74 Å². The molecule has 0 aromatic rings. The lowest BCUT2D eigenvalue weighted by atomic mass is 9.97. The monoisotopic (exact) mass is 296 g/mol. The molecule has 0 amide bonds. The van der Waals surface area contributed by atoms with Gasteiger partial charge in [-0.3, -0.25) is 9.59 Å². The molecular weight excluding hydrogens is 273 g/mol. The molecule has 0 heterocycles. The predicted molar refractivity (Wildman–Crippen MR) is 69.2 cm³/mol. The van der Waals surface area contributed by atoms with E-state index in [1.54, 1.807) is 6.92 Å². The molecule has 0 fully saturated rings. The Morgan fingerprint density at radius 2 is 1.60 bits per heavy atom. The van der Waals surface area contributed by atoms with Gasteiger partial charge < -0.3 is 4.74 Å². The zero-order chi connectivity index (χ0) is 15.6. The normalized spacial score (nSPS) is 13.1. The molecule has 0 aromatic heterocycles. The van der Waals surface area contributed by atoms with Gasteiger partial charge in [-0.05, 0) is 26.7 Å². The van der Waals surface area contributed by atoms with Crippen molar-refractivity contribution >= 4 is 11.8 Å². The van der Waals surface area contributed by atoms with E-state index in [0.29, 0.717) is 25.7 Å². The number of hydrogen-bond donors (Lipinski definition) is 0. The molecule has 0 aliphatic carbocycles. The van der Waals surface area contributed by atoms with E-state index < -0.39 is 24.5 Å². The van der Waals surface area contributed by atoms with Gasteiger partial charge in [-0.25, -0.2) is 0 Å². The maximum atomic E-state index is 11.9. The first-order valence-corrected chi connectivity index (χ1v) is 7.01. The van der Waals surface area contributed by atoms with Crippen molar-refractivity contribution in [3.63, 3.8) is 0 Å². The number of hydrogen-bond acceptors (Lipinski definition) is 3. The maximum absolute atomic E-state index is 11.9. The zero-order valence-electron chi connectivity index (χ0n) is 12.1. The summed E-state index contributed by atoms with van der Waals surface area (Å²) in [6.07, 6.45) is -1.70.